The third-order valence-corrected chi connectivity index (χ3v) is 8.64. The van der Waals surface area contributed by atoms with Crippen molar-refractivity contribution in [2.75, 3.05) is 26.2 Å². The molecule has 0 aliphatic carbocycles. The lowest BCUT2D eigenvalue weighted by molar-refractivity contribution is -0.153. The van der Waals surface area contributed by atoms with Crippen LogP contribution in [0.2, 0.25) is 15.1 Å². The Bertz CT molecular complexity index is 1190. The number of nitrogens with one attached hydrogen (secondary N) is 2. The van der Waals surface area contributed by atoms with E-state index in [0.717, 1.165) is 49.8 Å². The molecule has 0 spiro atoms. The summed E-state index contributed by atoms with van der Waals surface area (Å²) in [5, 5.41) is 7.85. The molecule has 10 heteroatoms. The number of carbonyl (C=O) groups is 3. The number of piperazine rings is 1. The normalized spacial score (nSPS) is 20.1. The molecule has 2 aromatic rings. The Kier molecular flexibility index (Phi) is 11.1. The number of amides is 3. The van der Waals surface area contributed by atoms with Crippen LogP contribution in [-0.2, 0) is 27.2 Å². The summed E-state index contributed by atoms with van der Waals surface area (Å²) in [6.45, 7) is 4.28. The number of hydrogen-bond acceptors (Lipinski definition) is 4. The molecular weight excluding hydrogens is 571 g/mol. The highest BCUT2D eigenvalue weighted by Gasteiger charge is 2.40. The fourth-order valence-electron chi connectivity index (χ4n) is 5.48. The van der Waals surface area contributed by atoms with Crippen LogP contribution in [0, 0.1) is 0 Å². The molecular formula is C30H37Cl3N4O3. The van der Waals surface area contributed by atoms with Crippen LogP contribution < -0.4 is 10.6 Å². The number of rotatable bonds is 11. The number of nitrogens with zero attached hydrogens (tertiary/aromatic N) is 2. The van der Waals surface area contributed by atoms with E-state index in [1.165, 1.54) is 0 Å². The zero-order valence-corrected chi connectivity index (χ0v) is 25.1. The van der Waals surface area contributed by atoms with E-state index in [9.17, 15) is 14.4 Å². The SMILES string of the molecule is CCCC1C(=O)N(CCCc2ccc(Cl)c(Cl)c2)CCN1C(=O)C(Cc1ccc(Cl)cc1)NC(=O)C1CCCN1. The van der Waals surface area contributed by atoms with Crippen molar-refractivity contribution in [3.05, 3.63) is 68.7 Å². The highest BCUT2D eigenvalue weighted by Crippen LogP contribution is 2.24. The Labute approximate surface area is 251 Å². The van der Waals surface area contributed by atoms with Gasteiger partial charge in [0.25, 0.3) is 0 Å². The Balaban J connectivity index is 1.44. The van der Waals surface area contributed by atoms with Gasteiger partial charge in [0.15, 0.2) is 0 Å². The first kappa shape index (κ1) is 30.6. The van der Waals surface area contributed by atoms with Crippen LogP contribution >= 0.6 is 34.8 Å². The summed E-state index contributed by atoms with van der Waals surface area (Å²) in [6.07, 6.45) is 4.87. The van der Waals surface area contributed by atoms with Crippen LogP contribution in [0.1, 0.15) is 50.2 Å². The van der Waals surface area contributed by atoms with Crippen molar-refractivity contribution in [1.82, 2.24) is 20.4 Å². The van der Waals surface area contributed by atoms with Crippen molar-refractivity contribution in [3.63, 3.8) is 0 Å². The number of aryl methyl sites for hydroxylation is 1. The molecule has 0 radical (unpaired) electrons. The highest BCUT2D eigenvalue weighted by molar-refractivity contribution is 6.42. The Hall–Kier alpha value is -2.32. The fraction of sp³-hybridized carbons (Fsp3) is 0.500. The van der Waals surface area contributed by atoms with Gasteiger partial charge in [0.1, 0.15) is 12.1 Å². The number of benzene rings is 2. The topological polar surface area (TPSA) is 81.8 Å². The summed E-state index contributed by atoms with van der Waals surface area (Å²) in [7, 11) is 0. The molecule has 0 bridgehead atoms. The Morgan fingerprint density at radius 3 is 2.48 bits per heavy atom. The van der Waals surface area contributed by atoms with Gasteiger partial charge in [-0.2, -0.15) is 0 Å². The predicted octanol–water partition coefficient (Wildman–Crippen LogP) is 4.90. The smallest absolute Gasteiger partial charge is 0.246 e. The lowest BCUT2D eigenvalue weighted by Gasteiger charge is -2.42. The number of carbonyl (C=O) groups excluding carboxylic acids is 3. The van der Waals surface area contributed by atoms with Gasteiger partial charge in [-0.15, -0.1) is 0 Å². The summed E-state index contributed by atoms with van der Waals surface area (Å²) < 4.78 is 0. The molecule has 2 aliphatic rings. The van der Waals surface area contributed by atoms with Crippen LogP contribution in [0.3, 0.4) is 0 Å². The van der Waals surface area contributed by atoms with Crippen molar-refractivity contribution in [2.45, 2.75) is 70.0 Å². The van der Waals surface area contributed by atoms with Gasteiger partial charge in [-0.25, -0.2) is 0 Å². The molecule has 0 saturated carbocycles. The maximum Gasteiger partial charge on any atom is 0.246 e. The van der Waals surface area contributed by atoms with Crippen molar-refractivity contribution < 1.29 is 14.4 Å². The summed E-state index contributed by atoms with van der Waals surface area (Å²) >= 11 is 18.2. The first-order chi connectivity index (χ1) is 19.3. The molecule has 40 heavy (non-hydrogen) atoms. The molecule has 216 valence electrons. The molecule has 3 unspecified atom stereocenters. The fourth-order valence-corrected chi connectivity index (χ4v) is 5.93. The van der Waals surface area contributed by atoms with E-state index < -0.39 is 12.1 Å². The van der Waals surface area contributed by atoms with Gasteiger partial charge in [-0.05, 0) is 74.0 Å². The maximum atomic E-state index is 14.0. The maximum absolute atomic E-state index is 14.0. The van der Waals surface area contributed by atoms with Gasteiger partial charge >= 0.3 is 0 Å². The predicted molar refractivity (Wildman–Crippen MR) is 160 cm³/mol. The second-order valence-electron chi connectivity index (χ2n) is 10.6. The summed E-state index contributed by atoms with van der Waals surface area (Å²) in [5.41, 5.74) is 1.96. The largest absolute Gasteiger partial charge is 0.343 e. The third-order valence-electron chi connectivity index (χ3n) is 7.65. The van der Waals surface area contributed by atoms with Gasteiger partial charge in [0, 0.05) is 31.1 Å². The van der Waals surface area contributed by atoms with E-state index in [1.807, 2.05) is 36.1 Å². The average Bonchev–Trinajstić information content (AvgIpc) is 3.49. The molecule has 2 N–H and O–H groups in total. The molecule has 0 aromatic heterocycles. The lowest BCUT2D eigenvalue weighted by atomic mass is 10.00. The molecule has 3 atom stereocenters. The minimum absolute atomic E-state index is 0.0374. The van der Waals surface area contributed by atoms with Gasteiger partial charge in [0.05, 0.1) is 16.1 Å². The van der Waals surface area contributed by atoms with E-state index in [1.54, 1.807) is 23.1 Å². The van der Waals surface area contributed by atoms with Gasteiger partial charge in [-0.3, -0.25) is 14.4 Å². The highest BCUT2D eigenvalue weighted by atomic mass is 35.5. The van der Waals surface area contributed by atoms with Crippen LogP contribution in [0.15, 0.2) is 42.5 Å². The molecule has 2 heterocycles. The van der Waals surface area contributed by atoms with Crippen LogP contribution in [0.5, 0.6) is 0 Å². The van der Waals surface area contributed by atoms with Crippen molar-refractivity contribution in [1.29, 1.82) is 0 Å². The van der Waals surface area contributed by atoms with Gasteiger partial charge in [-0.1, -0.05) is 66.3 Å². The third kappa shape index (κ3) is 7.90. The summed E-state index contributed by atoms with van der Waals surface area (Å²) in [4.78, 5) is 44.2. The quantitative estimate of drug-likeness (QED) is 0.381. The monoisotopic (exact) mass is 606 g/mol. The molecule has 7 nitrogen and oxygen atoms in total. The molecule has 3 amide bonds. The van der Waals surface area contributed by atoms with E-state index >= 15 is 0 Å². The first-order valence-corrected chi connectivity index (χ1v) is 15.2. The lowest BCUT2D eigenvalue weighted by Crippen LogP contribution is -2.63. The summed E-state index contributed by atoms with van der Waals surface area (Å²) in [5.74, 6) is -0.433. The van der Waals surface area contributed by atoms with E-state index in [0.29, 0.717) is 47.5 Å². The molecule has 2 aromatic carbocycles. The second kappa shape index (κ2) is 14.5. The molecule has 4 rings (SSSR count). The van der Waals surface area contributed by atoms with E-state index in [4.69, 9.17) is 34.8 Å². The molecule has 2 aliphatic heterocycles. The van der Waals surface area contributed by atoms with Crippen LogP contribution in [-0.4, -0.2) is 71.8 Å². The van der Waals surface area contributed by atoms with Crippen molar-refractivity contribution in [3.8, 4) is 0 Å². The minimum Gasteiger partial charge on any atom is -0.343 e. The van der Waals surface area contributed by atoms with E-state index in [-0.39, 0.29) is 23.8 Å². The second-order valence-corrected chi connectivity index (χ2v) is 11.8. The standard InChI is InChI=1S/C30H37Cl3N4O3/c1-2-5-27-30(40)36(15-4-6-20-10-13-23(32)24(33)18-20)16-17-37(27)29(39)26(19-21-8-11-22(31)12-9-21)35-28(38)25-7-3-14-34-25/h8-13,18,25-27,34H,2-7,14-17,19H2,1H3,(H,35,38). The van der Waals surface area contributed by atoms with Gasteiger partial charge in [0.2, 0.25) is 17.7 Å². The average molecular weight is 608 g/mol. The van der Waals surface area contributed by atoms with Crippen molar-refractivity contribution >= 4 is 52.5 Å². The van der Waals surface area contributed by atoms with Crippen LogP contribution in [0.4, 0.5) is 0 Å². The van der Waals surface area contributed by atoms with Gasteiger partial charge < -0.3 is 20.4 Å². The summed E-state index contributed by atoms with van der Waals surface area (Å²) in [6, 6.07) is 11.2. The van der Waals surface area contributed by atoms with E-state index in [2.05, 4.69) is 10.6 Å². The minimum atomic E-state index is -0.774. The zero-order valence-electron chi connectivity index (χ0n) is 22.8. The number of halogens is 3. The number of hydrogen-bond donors (Lipinski definition) is 2. The molecule has 2 saturated heterocycles. The Morgan fingerprint density at radius 2 is 1.80 bits per heavy atom. The van der Waals surface area contributed by atoms with Crippen molar-refractivity contribution in [2.24, 2.45) is 0 Å². The first-order valence-electron chi connectivity index (χ1n) is 14.1. The van der Waals surface area contributed by atoms with Crippen LogP contribution in [0.25, 0.3) is 0 Å². The zero-order chi connectivity index (χ0) is 28.6. The Morgan fingerprint density at radius 1 is 1.05 bits per heavy atom. The molecule has 2 fully saturated rings.